The molecule has 8 heteroatoms. The van der Waals surface area contributed by atoms with E-state index in [4.69, 9.17) is 4.74 Å². The third-order valence-electron chi connectivity index (χ3n) is 5.06. The average molecular weight is 449 g/mol. The van der Waals surface area contributed by atoms with Gasteiger partial charge < -0.3 is 14.8 Å². The fourth-order valence-electron chi connectivity index (χ4n) is 3.51. The number of alkyl halides is 2. The Morgan fingerprint density at radius 2 is 1.91 bits per heavy atom. The maximum Gasteiger partial charge on any atom is 0.387 e. The van der Waals surface area contributed by atoms with E-state index in [2.05, 4.69) is 20.0 Å². The Kier molecular flexibility index (Phi) is 6.73. The molecular formula is C25H21F2N3O3. The number of aromatic nitrogens is 2. The molecule has 2 aromatic heterocycles. The molecule has 1 N–H and O–H groups in total. The molecule has 0 saturated carbocycles. The molecule has 2 heterocycles. The summed E-state index contributed by atoms with van der Waals surface area (Å²) in [6.45, 7) is -2.65. The molecule has 4 aromatic rings. The first kappa shape index (κ1) is 22.1. The zero-order valence-electron chi connectivity index (χ0n) is 17.8. The van der Waals surface area contributed by atoms with Crippen molar-refractivity contribution in [2.45, 2.75) is 13.0 Å². The lowest BCUT2D eigenvalue weighted by atomic mass is 10.0. The Morgan fingerprint density at radius 3 is 2.67 bits per heavy atom. The number of halogens is 2. The minimum absolute atomic E-state index is 0.0439. The molecule has 33 heavy (non-hydrogen) atoms. The van der Waals surface area contributed by atoms with Crippen LogP contribution >= 0.6 is 0 Å². The summed E-state index contributed by atoms with van der Waals surface area (Å²) in [5.41, 5.74) is 3.38. The van der Waals surface area contributed by atoms with Crippen LogP contribution in [0.15, 0.2) is 73.1 Å². The molecule has 2 aromatic carbocycles. The summed E-state index contributed by atoms with van der Waals surface area (Å²) in [7, 11) is 1.38. The maximum atomic E-state index is 13.0. The fourth-order valence-corrected chi connectivity index (χ4v) is 3.51. The number of carbonyl (C=O) groups is 1. The Hall–Kier alpha value is -4.07. The van der Waals surface area contributed by atoms with E-state index in [1.54, 1.807) is 30.6 Å². The first-order valence-corrected chi connectivity index (χ1v) is 10.3. The van der Waals surface area contributed by atoms with Crippen molar-refractivity contribution < 1.29 is 23.0 Å². The van der Waals surface area contributed by atoms with Gasteiger partial charge in [-0.1, -0.05) is 24.3 Å². The smallest absolute Gasteiger partial charge is 0.387 e. The third kappa shape index (κ3) is 5.23. The Balaban J connectivity index is 1.53. The van der Waals surface area contributed by atoms with Crippen LogP contribution in [-0.4, -0.2) is 36.1 Å². The van der Waals surface area contributed by atoms with Crippen molar-refractivity contribution in [2.24, 2.45) is 0 Å². The van der Waals surface area contributed by atoms with Gasteiger partial charge >= 0.3 is 6.61 Å². The van der Waals surface area contributed by atoms with E-state index in [0.717, 1.165) is 16.5 Å². The van der Waals surface area contributed by atoms with Gasteiger partial charge in [-0.3, -0.25) is 9.78 Å². The molecule has 0 bridgehead atoms. The number of carbonyl (C=O) groups excluding carboxylic acids is 1. The van der Waals surface area contributed by atoms with Gasteiger partial charge in [0.15, 0.2) is 11.5 Å². The molecule has 4 rings (SSSR count). The second kappa shape index (κ2) is 10.0. The minimum atomic E-state index is -2.96. The van der Waals surface area contributed by atoms with Crippen molar-refractivity contribution in [3.63, 3.8) is 0 Å². The lowest BCUT2D eigenvalue weighted by Gasteiger charge is -2.13. The molecule has 0 unspecified atom stereocenters. The highest BCUT2D eigenvalue weighted by Crippen LogP contribution is 2.29. The summed E-state index contributed by atoms with van der Waals surface area (Å²) in [6, 6.07) is 17.7. The largest absolute Gasteiger partial charge is 0.493 e. The average Bonchev–Trinajstić information content (AvgIpc) is 2.83. The zero-order chi connectivity index (χ0) is 23.2. The summed E-state index contributed by atoms with van der Waals surface area (Å²) >= 11 is 0. The van der Waals surface area contributed by atoms with Crippen LogP contribution in [0.3, 0.4) is 0 Å². The maximum absolute atomic E-state index is 13.0. The highest BCUT2D eigenvalue weighted by Gasteiger charge is 2.15. The van der Waals surface area contributed by atoms with Crippen LogP contribution in [0.2, 0.25) is 0 Å². The van der Waals surface area contributed by atoms with Crippen LogP contribution in [0, 0.1) is 0 Å². The summed E-state index contributed by atoms with van der Waals surface area (Å²) in [6.07, 6.45) is 3.80. The summed E-state index contributed by atoms with van der Waals surface area (Å²) in [5.74, 6) is -0.0804. The quantitative estimate of drug-likeness (QED) is 0.415. The molecule has 0 aliphatic carbocycles. The predicted octanol–water partition coefficient (Wildman–Crippen LogP) is 4.88. The molecule has 0 radical (unpaired) electrons. The number of amides is 1. The Labute approximate surface area is 189 Å². The van der Waals surface area contributed by atoms with Crippen LogP contribution in [-0.2, 0) is 6.42 Å². The normalized spacial score (nSPS) is 10.9. The molecule has 0 aliphatic rings. The van der Waals surface area contributed by atoms with Gasteiger partial charge in [0.05, 0.1) is 23.9 Å². The van der Waals surface area contributed by atoms with Crippen LogP contribution in [0.4, 0.5) is 8.78 Å². The van der Waals surface area contributed by atoms with Gasteiger partial charge in [0.2, 0.25) is 0 Å². The van der Waals surface area contributed by atoms with E-state index in [1.807, 2.05) is 36.4 Å². The number of pyridine rings is 2. The summed E-state index contributed by atoms with van der Waals surface area (Å²) in [5, 5.41) is 3.64. The minimum Gasteiger partial charge on any atom is -0.493 e. The Bertz CT molecular complexity index is 1270. The molecular weight excluding hydrogens is 428 g/mol. The van der Waals surface area contributed by atoms with Crippen molar-refractivity contribution in [1.29, 1.82) is 0 Å². The van der Waals surface area contributed by atoms with Crippen molar-refractivity contribution in [2.75, 3.05) is 13.7 Å². The molecule has 1 amide bonds. The highest BCUT2D eigenvalue weighted by molar-refractivity contribution is 6.07. The first-order valence-electron chi connectivity index (χ1n) is 10.3. The number of ether oxygens (including phenoxy) is 2. The number of para-hydroxylation sites is 1. The number of hydrogen-bond donors (Lipinski definition) is 1. The number of benzene rings is 2. The van der Waals surface area contributed by atoms with Crippen LogP contribution < -0.4 is 14.8 Å². The molecule has 0 fully saturated rings. The van der Waals surface area contributed by atoms with Crippen LogP contribution in [0.5, 0.6) is 11.5 Å². The van der Waals surface area contributed by atoms with Crippen molar-refractivity contribution in [3.05, 3.63) is 84.2 Å². The van der Waals surface area contributed by atoms with Gasteiger partial charge in [-0.05, 0) is 48.4 Å². The monoisotopic (exact) mass is 449 g/mol. The van der Waals surface area contributed by atoms with Gasteiger partial charge in [-0.2, -0.15) is 8.78 Å². The molecule has 0 saturated heterocycles. The topological polar surface area (TPSA) is 73.3 Å². The molecule has 0 spiro atoms. The van der Waals surface area contributed by atoms with E-state index in [-0.39, 0.29) is 17.4 Å². The van der Waals surface area contributed by atoms with Gasteiger partial charge in [0, 0.05) is 29.9 Å². The van der Waals surface area contributed by atoms with Gasteiger partial charge in [-0.15, -0.1) is 0 Å². The predicted molar refractivity (Wildman–Crippen MR) is 121 cm³/mol. The van der Waals surface area contributed by atoms with E-state index in [9.17, 15) is 13.6 Å². The van der Waals surface area contributed by atoms with Gasteiger partial charge in [-0.25, -0.2) is 4.98 Å². The van der Waals surface area contributed by atoms with Crippen LogP contribution in [0.1, 0.15) is 15.9 Å². The summed E-state index contributed by atoms with van der Waals surface area (Å²) < 4.78 is 34.9. The fraction of sp³-hybridized carbons (Fsp3) is 0.160. The molecule has 0 aliphatic heterocycles. The molecule has 0 atom stereocenters. The standard InChI is InChI=1S/C25H21F2N3O3/c1-32-22-9-8-16(13-23(22)33-25(26)27)10-12-29-24(31)19-14-21(17-5-4-11-28-15-17)30-20-7-3-2-6-18(19)20/h2-9,11,13-15,25H,10,12H2,1H3,(H,29,31). The lowest BCUT2D eigenvalue weighted by Crippen LogP contribution is -2.26. The summed E-state index contributed by atoms with van der Waals surface area (Å²) in [4.78, 5) is 21.8. The van der Waals surface area contributed by atoms with Crippen LogP contribution in [0.25, 0.3) is 22.2 Å². The third-order valence-corrected chi connectivity index (χ3v) is 5.06. The lowest BCUT2D eigenvalue weighted by molar-refractivity contribution is -0.0512. The second-order valence-corrected chi connectivity index (χ2v) is 7.18. The SMILES string of the molecule is COc1ccc(CCNC(=O)c2cc(-c3cccnc3)nc3ccccc23)cc1OC(F)F. The number of nitrogens with zero attached hydrogens (tertiary/aromatic N) is 2. The van der Waals surface area contributed by atoms with Crippen molar-refractivity contribution in [3.8, 4) is 22.8 Å². The number of fused-ring (bicyclic) bond motifs is 1. The first-order chi connectivity index (χ1) is 16.0. The number of nitrogens with one attached hydrogen (secondary N) is 1. The second-order valence-electron chi connectivity index (χ2n) is 7.18. The van der Waals surface area contributed by atoms with Gasteiger partial charge in [0.1, 0.15) is 0 Å². The number of methoxy groups -OCH3 is 1. The van der Waals surface area contributed by atoms with E-state index < -0.39 is 6.61 Å². The van der Waals surface area contributed by atoms with E-state index >= 15 is 0 Å². The van der Waals surface area contributed by atoms with Gasteiger partial charge in [0.25, 0.3) is 5.91 Å². The highest BCUT2D eigenvalue weighted by atomic mass is 19.3. The molecule has 168 valence electrons. The van der Waals surface area contributed by atoms with E-state index in [1.165, 1.54) is 13.2 Å². The number of rotatable bonds is 8. The Morgan fingerprint density at radius 1 is 1.06 bits per heavy atom. The number of hydrogen-bond acceptors (Lipinski definition) is 5. The zero-order valence-corrected chi connectivity index (χ0v) is 17.8. The van der Waals surface area contributed by atoms with E-state index in [0.29, 0.717) is 29.7 Å². The molecule has 6 nitrogen and oxygen atoms in total. The van der Waals surface area contributed by atoms with Crippen molar-refractivity contribution >= 4 is 16.8 Å². The van der Waals surface area contributed by atoms with Crippen molar-refractivity contribution in [1.82, 2.24) is 15.3 Å².